The van der Waals surface area contributed by atoms with Crippen LogP contribution in [0, 0.1) is 0 Å². The molecular weight excluding hydrogens is 424 g/mol. The van der Waals surface area contributed by atoms with E-state index in [1.807, 2.05) is 54.6 Å². The zero-order chi connectivity index (χ0) is 22.5. The van der Waals surface area contributed by atoms with Crippen LogP contribution in [0.15, 0.2) is 82.7 Å². The lowest BCUT2D eigenvalue weighted by atomic mass is 10.1. The fraction of sp³-hybridized carbons (Fsp3) is 0.160. The van der Waals surface area contributed by atoms with Crippen LogP contribution in [0.25, 0.3) is 10.9 Å². The SMILES string of the molecule is COC(=O)c1ccc(CSc2nc3ccccc3c(=O)n2Cc2ccc(OC)cc2)cc1. The Bertz CT molecular complexity index is 1300. The third kappa shape index (κ3) is 4.68. The summed E-state index contributed by atoms with van der Waals surface area (Å²) in [5.74, 6) is 1.01. The summed E-state index contributed by atoms with van der Waals surface area (Å²) < 4.78 is 11.7. The topological polar surface area (TPSA) is 70.4 Å². The van der Waals surface area contributed by atoms with Crippen molar-refractivity contribution in [2.24, 2.45) is 0 Å². The molecule has 0 aliphatic heterocycles. The Kier molecular flexibility index (Phi) is 6.56. The number of ether oxygens (including phenoxy) is 2. The second-order valence-electron chi connectivity index (χ2n) is 7.13. The summed E-state index contributed by atoms with van der Waals surface area (Å²) in [6.07, 6.45) is 0. The molecule has 0 spiro atoms. The molecule has 0 aliphatic carbocycles. The number of hydrogen-bond donors (Lipinski definition) is 0. The highest BCUT2D eigenvalue weighted by molar-refractivity contribution is 7.98. The Morgan fingerprint density at radius 3 is 2.31 bits per heavy atom. The minimum absolute atomic E-state index is 0.0741. The van der Waals surface area contributed by atoms with Crippen molar-refractivity contribution in [3.63, 3.8) is 0 Å². The van der Waals surface area contributed by atoms with Gasteiger partial charge in [-0.3, -0.25) is 9.36 Å². The molecule has 0 fully saturated rings. The van der Waals surface area contributed by atoms with Crippen molar-refractivity contribution in [3.05, 3.63) is 99.8 Å². The first-order chi connectivity index (χ1) is 15.6. The van der Waals surface area contributed by atoms with E-state index in [2.05, 4.69) is 0 Å². The zero-order valence-electron chi connectivity index (χ0n) is 17.8. The molecule has 1 heterocycles. The van der Waals surface area contributed by atoms with Crippen molar-refractivity contribution < 1.29 is 14.3 Å². The van der Waals surface area contributed by atoms with Gasteiger partial charge in [-0.2, -0.15) is 0 Å². The predicted octanol–water partition coefficient (Wildman–Crippen LogP) is 4.53. The fourth-order valence-corrected chi connectivity index (χ4v) is 4.27. The second kappa shape index (κ2) is 9.70. The van der Waals surface area contributed by atoms with Crippen LogP contribution >= 0.6 is 11.8 Å². The maximum absolute atomic E-state index is 13.3. The molecule has 0 saturated heterocycles. The predicted molar refractivity (Wildman–Crippen MR) is 125 cm³/mol. The number of nitrogens with zero attached hydrogens (tertiary/aromatic N) is 2. The van der Waals surface area contributed by atoms with Gasteiger partial charge in [0.15, 0.2) is 5.16 Å². The summed E-state index contributed by atoms with van der Waals surface area (Å²) in [4.78, 5) is 29.7. The Hall–Kier alpha value is -3.58. The lowest BCUT2D eigenvalue weighted by Gasteiger charge is -2.14. The van der Waals surface area contributed by atoms with Gasteiger partial charge in [0.1, 0.15) is 5.75 Å². The maximum atomic E-state index is 13.3. The van der Waals surface area contributed by atoms with Crippen LogP contribution in [0.5, 0.6) is 5.75 Å². The summed E-state index contributed by atoms with van der Waals surface area (Å²) in [5.41, 5.74) is 3.10. The Morgan fingerprint density at radius 1 is 0.938 bits per heavy atom. The van der Waals surface area contributed by atoms with Crippen LogP contribution in [0.4, 0.5) is 0 Å². The van der Waals surface area contributed by atoms with E-state index < -0.39 is 0 Å². The van der Waals surface area contributed by atoms with Gasteiger partial charge >= 0.3 is 5.97 Å². The molecule has 0 aliphatic rings. The molecule has 4 aromatic rings. The summed E-state index contributed by atoms with van der Waals surface area (Å²) in [7, 11) is 2.98. The summed E-state index contributed by atoms with van der Waals surface area (Å²) >= 11 is 1.49. The number of hydrogen-bond acceptors (Lipinski definition) is 6. The van der Waals surface area contributed by atoms with Crippen molar-refractivity contribution in [3.8, 4) is 5.75 Å². The highest BCUT2D eigenvalue weighted by Crippen LogP contribution is 2.24. The zero-order valence-corrected chi connectivity index (χ0v) is 18.6. The number of thioether (sulfide) groups is 1. The fourth-order valence-electron chi connectivity index (χ4n) is 3.31. The third-order valence-electron chi connectivity index (χ3n) is 5.07. The van der Waals surface area contributed by atoms with E-state index in [1.165, 1.54) is 18.9 Å². The molecule has 3 aromatic carbocycles. The van der Waals surface area contributed by atoms with E-state index in [1.54, 1.807) is 29.9 Å². The van der Waals surface area contributed by atoms with Crippen molar-refractivity contribution in [1.29, 1.82) is 0 Å². The van der Waals surface area contributed by atoms with Crippen molar-refractivity contribution >= 4 is 28.6 Å². The van der Waals surface area contributed by atoms with Gasteiger partial charge in [0.25, 0.3) is 5.56 Å². The van der Waals surface area contributed by atoms with E-state index in [-0.39, 0.29) is 11.5 Å². The van der Waals surface area contributed by atoms with Gasteiger partial charge in [-0.25, -0.2) is 9.78 Å². The highest BCUT2D eigenvalue weighted by atomic mass is 32.2. The minimum atomic E-state index is -0.367. The van der Waals surface area contributed by atoms with Gasteiger partial charge in [0.2, 0.25) is 0 Å². The molecule has 4 rings (SSSR count). The normalized spacial score (nSPS) is 10.8. The Labute approximate surface area is 189 Å². The standard InChI is InChI=1S/C25H22N2O4S/c1-30-20-13-9-17(10-14-20)15-27-23(28)21-5-3-4-6-22(21)26-25(27)32-16-18-7-11-19(12-8-18)24(29)31-2/h3-14H,15-16H2,1-2H3. The van der Waals surface area contributed by atoms with E-state index in [0.717, 1.165) is 16.9 Å². The van der Waals surface area contributed by atoms with Gasteiger partial charge < -0.3 is 9.47 Å². The van der Waals surface area contributed by atoms with Crippen molar-refractivity contribution in [2.45, 2.75) is 17.5 Å². The third-order valence-corrected chi connectivity index (χ3v) is 6.12. The molecule has 6 nitrogen and oxygen atoms in total. The second-order valence-corrected chi connectivity index (χ2v) is 8.07. The average molecular weight is 447 g/mol. The first-order valence-electron chi connectivity index (χ1n) is 10.0. The van der Waals surface area contributed by atoms with Crippen LogP contribution in [0.1, 0.15) is 21.5 Å². The molecule has 0 N–H and O–H groups in total. The lowest BCUT2D eigenvalue weighted by molar-refractivity contribution is 0.0600. The number of aromatic nitrogens is 2. The Balaban J connectivity index is 1.65. The molecule has 0 amide bonds. The van der Waals surface area contributed by atoms with Crippen LogP contribution in [-0.4, -0.2) is 29.7 Å². The number of carbonyl (C=O) groups excluding carboxylic acids is 1. The minimum Gasteiger partial charge on any atom is -0.497 e. The van der Waals surface area contributed by atoms with Crippen LogP contribution in [0.3, 0.4) is 0 Å². The van der Waals surface area contributed by atoms with Gasteiger partial charge in [-0.15, -0.1) is 0 Å². The average Bonchev–Trinajstić information content (AvgIpc) is 2.85. The molecule has 0 atom stereocenters. The first-order valence-corrected chi connectivity index (χ1v) is 11.0. The summed E-state index contributed by atoms with van der Waals surface area (Å²) in [5, 5.41) is 1.23. The molecule has 162 valence electrons. The molecule has 1 aromatic heterocycles. The molecule has 0 unspecified atom stereocenters. The van der Waals surface area contributed by atoms with E-state index in [4.69, 9.17) is 14.5 Å². The van der Waals surface area contributed by atoms with Gasteiger partial charge in [0, 0.05) is 5.75 Å². The summed E-state index contributed by atoms with van der Waals surface area (Å²) in [6.45, 7) is 0.407. The lowest BCUT2D eigenvalue weighted by Crippen LogP contribution is -2.24. The van der Waals surface area contributed by atoms with Crippen LogP contribution < -0.4 is 10.3 Å². The smallest absolute Gasteiger partial charge is 0.337 e. The number of benzene rings is 3. The molecule has 0 radical (unpaired) electrons. The molecule has 0 bridgehead atoms. The number of carbonyl (C=O) groups is 1. The molecule has 0 saturated carbocycles. The monoisotopic (exact) mass is 446 g/mol. The maximum Gasteiger partial charge on any atom is 0.337 e. The number of rotatable bonds is 7. The van der Waals surface area contributed by atoms with Gasteiger partial charge in [-0.05, 0) is 47.5 Å². The number of fused-ring (bicyclic) bond motifs is 1. The number of methoxy groups -OCH3 is 2. The highest BCUT2D eigenvalue weighted by Gasteiger charge is 2.13. The van der Waals surface area contributed by atoms with Gasteiger partial charge in [0.05, 0.1) is 37.2 Å². The van der Waals surface area contributed by atoms with Crippen molar-refractivity contribution in [1.82, 2.24) is 9.55 Å². The molecular formula is C25H22N2O4S. The van der Waals surface area contributed by atoms with Crippen molar-refractivity contribution in [2.75, 3.05) is 14.2 Å². The van der Waals surface area contributed by atoms with E-state index >= 15 is 0 Å². The quantitative estimate of drug-likeness (QED) is 0.236. The Morgan fingerprint density at radius 2 is 1.62 bits per heavy atom. The number of esters is 1. The first kappa shape index (κ1) is 21.6. The van der Waals surface area contributed by atoms with E-state index in [0.29, 0.717) is 33.9 Å². The van der Waals surface area contributed by atoms with Crippen LogP contribution in [0.2, 0.25) is 0 Å². The van der Waals surface area contributed by atoms with E-state index in [9.17, 15) is 9.59 Å². The van der Waals surface area contributed by atoms with Crippen LogP contribution in [-0.2, 0) is 17.0 Å². The number of para-hydroxylation sites is 1. The molecule has 32 heavy (non-hydrogen) atoms. The molecule has 7 heteroatoms. The summed E-state index contributed by atoms with van der Waals surface area (Å²) in [6, 6.07) is 22.3. The largest absolute Gasteiger partial charge is 0.497 e. The van der Waals surface area contributed by atoms with Gasteiger partial charge in [-0.1, -0.05) is 48.2 Å².